The smallest absolute Gasteiger partial charge is 0.227 e. The molecule has 0 saturated carbocycles. The number of rotatable bonds is 14. The maximum atomic E-state index is 12.8. The highest BCUT2D eigenvalue weighted by Crippen LogP contribution is 2.32. The standard InChI is InChI=1S/C33H42N4O4/c1-5-34-26-19-27(36-16-10-15-32(36)40)21-28(20-26)37(23-38)30(17-24-11-7-6-8-12-24)31(39)22-35-33(2,3)25-13-9-14-29(18-25)41-4/h6-9,11-14,18-21,23,30-31,34-35,39H,5,10,15-17,22H2,1-4H3. The van der Waals surface area contributed by atoms with Crippen molar-refractivity contribution in [3.63, 3.8) is 0 Å². The number of benzene rings is 3. The van der Waals surface area contributed by atoms with E-state index in [1.807, 2.05) is 79.7 Å². The van der Waals surface area contributed by atoms with E-state index in [-0.39, 0.29) is 12.5 Å². The minimum atomic E-state index is -0.898. The molecule has 3 aromatic carbocycles. The van der Waals surface area contributed by atoms with Crippen LogP contribution in [0.5, 0.6) is 5.75 Å². The van der Waals surface area contributed by atoms with Crippen LogP contribution < -0.4 is 25.2 Å². The lowest BCUT2D eigenvalue weighted by Crippen LogP contribution is -2.51. The van der Waals surface area contributed by atoms with E-state index in [2.05, 4.69) is 24.5 Å². The minimum Gasteiger partial charge on any atom is -0.497 e. The summed E-state index contributed by atoms with van der Waals surface area (Å²) in [6.45, 7) is 7.69. The number of hydrogen-bond donors (Lipinski definition) is 3. The van der Waals surface area contributed by atoms with Crippen molar-refractivity contribution >= 4 is 29.4 Å². The molecule has 1 saturated heterocycles. The molecule has 1 aliphatic heterocycles. The van der Waals surface area contributed by atoms with Crippen molar-refractivity contribution in [3.05, 3.63) is 83.9 Å². The first-order chi connectivity index (χ1) is 19.7. The Hall–Kier alpha value is -3.88. The molecule has 0 aromatic heterocycles. The Bertz CT molecular complexity index is 1310. The molecule has 3 aromatic rings. The van der Waals surface area contributed by atoms with Crippen LogP contribution in [0.15, 0.2) is 72.8 Å². The molecular weight excluding hydrogens is 516 g/mol. The zero-order chi connectivity index (χ0) is 29.4. The number of methoxy groups -OCH3 is 1. The summed E-state index contributed by atoms with van der Waals surface area (Å²) < 4.78 is 5.40. The Morgan fingerprint density at radius 3 is 2.54 bits per heavy atom. The Kier molecular flexibility index (Phi) is 10.0. The average molecular weight is 559 g/mol. The van der Waals surface area contributed by atoms with Crippen LogP contribution in [-0.4, -0.2) is 56.3 Å². The fourth-order valence-corrected chi connectivity index (χ4v) is 5.34. The number of carbonyl (C=O) groups excluding carboxylic acids is 2. The average Bonchev–Trinajstić information content (AvgIpc) is 3.42. The highest BCUT2D eigenvalue weighted by atomic mass is 16.5. The second-order valence-corrected chi connectivity index (χ2v) is 11.0. The third kappa shape index (κ3) is 7.45. The van der Waals surface area contributed by atoms with Crippen LogP contribution in [0.2, 0.25) is 0 Å². The zero-order valence-electron chi connectivity index (χ0n) is 24.5. The van der Waals surface area contributed by atoms with E-state index in [9.17, 15) is 14.7 Å². The van der Waals surface area contributed by atoms with Crippen LogP contribution in [0.1, 0.15) is 44.7 Å². The maximum Gasteiger partial charge on any atom is 0.227 e. The molecule has 4 rings (SSSR count). The number of ether oxygens (including phenoxy) is 1. The molecule has 2 unspecified atom stereocenters. The Morgan fingerprint density at radius 2 is 1.88 bits per heavy atom. The van der Waals surface area contributed by atoms with Gasteiger partial charge in [0, 0.05) is 48.7 Å². The monoisotopic (exact) mass is 558 g/mol. The molecule has 1 aliphatic rings. The molecule has 1 heterocycles. The summed E-state index contributed by atoms with van der Waals surface area (Å²) in [6.07, 6.45) is 1.66. The van der Waals surface area contributed by atoms with Gasteiger partial charge in [0.25, 0.3) is 0 Å². The van der Waals surface area contributed by atoms with Crippen LogP contribution in [0.4, 0.5) is 17.1 Å². The third-order valence-corrected chi connectivity index (χ3v) is 7.71. The molecule has 2 atom stereocenters. The fourth-order valence-electron chi connectivity index (χ4n) is 5.34. The first-order valence-electron chi connectivity index (χ1n) is 14.3. The number of anilines is 3. The molecule has 218 valence electrons. The zero-order valence-corrected chi connectivity index (χ0v) is 24.5. The first-order valence-corrected chi connectivity index (χ1v) is 14.3. The largest absolute Gasteiger partial charge is 0.497 e. The van der Waals surface area contributed by atoms with Crippen molar-refractivity contribution in [2.45, 2.75) is 57.7 Å². The lowest BCUT2D eigenvalue weighted by molar-refractivity contribution is -0.117. The van der Waals surface area contributed by atoms with Crippen LogP contribution in [-0.2, 0) is 21.5 Å². The van der Waals surface area contributed by atoms with Gasteiger partial charge in [-0.15, -0.1) is 0 Å². The summed E-state index contributed by atoms with van der Waals surface area (Å²) >= 11 is 0. The van der Waals surface area contributed by atoms with Gasteiger partial charge < -0.3 is 30.3 Å². The number of amides is 2. The van der Waals surface area contributed by atoms with Crippen LogP contribution in [0.25, 0.3) is 0 Å². The molecule has 1 fully saturated rings. The van der Waals surface area contributed by atoms with Gasteiger partial charge in [-0.25, -0.2) is 0 Å². The number of aliphatic hydroxyl groups excluding tert-OH is 1. The molecular formula is C33H42N4O4. The summed E-state index contributed by atoms with van der Waals surface area (Å²) in [4.78, 5) is 28.7. The molecule has 0 spiro atoms. The SMILES string of the molecule is CCNc1cc(N2CCCC2=O)cc(N(C=O)C(Cc2ccccc2)C(O)CNC(C)(C)c2cccc(OC)c2)c1. The van der Waals surface area contributed by atoms with E-state index in [0.717, 1.165) is 41.1 Å². The quantitative estimate of drug-likeness (QED) is 0.248. The van der Waals surface area contributed by atoms with E-state index in [1.165, 1.54) is 0 Å². The number of aliphatic hydroxyl groups is 1. The Morgan fingerprint density at radius 1 is 1.10 bits per heavy atom. The van der Waals surface area contributed by atoms with Crippen LogP contribution >= 0.6 is 0 Å². The van der Waals surface area contributed by atoms with Gasteiger partial charge in [-0.05, 0) is 75.1 Å². The van der Waals surface area contributed by atoms with Crippen molar-refractivity contribution in [1.29, 1.82) is 0 Å². The molecule has 8 nitrogen and oxygen atoms in total. The predicted molar refractivity (Wildman–Crippen MR) is 165 cm³/mol. The van der Waals surface area contributed by atoms with Gasteiger partial charge in [0.05, 0.1) is 19.3 Å². The van der Waals surface area contributed by atoms with Crippen molar-refractivity contribution in [1.82, 2.24) is 5.32 Å². The van der Waals surface area contributed by atoms with Crippen LogP contribution in [0.3, 0.4) is 0 Å². The van der Waals surface area contributed by atoms with E-state index in [1.54, 1.807) is 16.9 Å². The molecule has 3 N–H and O–H groups in total. The van der Waals surface area contributed by atoms with Gasteiger partial charge in [0.2, 0.25) is 12.3 Å². The topological polar surface area (TPSA) is 94.1 Å². The fraction of sp³-hybridized carbons (Fsp3) is 0.394. The molecule has 8 heteroatoms. The Labute approximate surface area is 243 Å². The van der Waals surface area contributed by atoms with Crippen molar-refractivity contribution in [3.8, 4) is 5.75 Å². The van der Waals surface area contributed by atoms with Crippen molar-refractivity contribution in [2.75, 3.05) is 41.9 Å². The van der Waals surface area contributed by atoms with Crippen LogP contribution in [0, 0.1) is 0 Å². The number of nitrogens with one attached hydrogen (secondary N) is 2. The van der Waals surface area contributed by atoms with Gasteiger partial charge in [-0.1, -0.05) is 42.5 Å². The minimum absolute atomic E-state index is 0.0760. The number of nitrogens with zero attached hydrogens (tertiary/aromatic N) is 2. The first kappa shape index (κ1) is 30.1. The predicted octanol–water partition coefficient (Wildman–Crippen LogP) is 4.71. The number of hydrogen-bond acceptors (Lipinski definition) is 6. The molecule has 0 bridgehead atoms. The second-order valence-electron chi connectivity index (χ2n) is 11.0. The second kappa shape index (κ2) is 13.7. The van der Waals surface area contributed by atoms with Crippen molar-refractivity contribution in [2.24, 2.45) is 0 Å². The molecule has 2 amide bonds. The van der Waals surface area contributed by atoms with E-state index >= 15 is 0 Å². The van der Waals surface area contributed by atoms with E-state index in [0.29, 0.717) is 31.6 Å². The van der Waals surface area contributed by atoms with E-state index in [4.69, 9.17) is 4.74 Å². The lowest BCUT2D eigenvalue weighted by atomic mass is 9.92. The highest BCUT2D eigenvalue weighted by Gasteiger charge is 2.31. The molecule has 41 heavy (non-hydrogen) atoms. The third-order valence-electron chi connectivity index (χ3n) is 7.71. The highest BCUT2D eigenvalue weighted by molar-refractivity contribution is 5.97. The summed E-state index contributed by atoms with van der Waals surface area (Å²) in [5.74, 6) is 0.840. The molecule has 0 aliphatic carbocycles. The Balaban J connectivity index is 1.65. The van der Waals surface area contributed by atoms with Gasteiger partial charge >= 0.3 is 0 Å². The number of carbonyl (C=O) groups is 2. The van der Waals surface area contributed by atoms with Gasteiger partial charge in [0.1, 0.15) is 5.75 Å². The van der Waals surface area contributed by atoms with Gasteiger partial charge in [0.15, 0.2) is 0 Å². The maximum absolute atomic E-state index is 12.8. The van der Waals surface area contributed by atoms with Gasteiger partial charge in [-0.3, -0.25) is 9.59 Å². The normalized spacial score (nSPS) is 15.0. The van der Waals surface area contributed by atoms with Crippen molar-refractivity contribution < 1.29 is 19.4 Å². The van der Waals surface area contributed by atoms with Gasteiger partial charge in [-0.2, -0.15) is 0 Å². The lowest BCUT2D eigenvalue weighted by Gasteiger charge is -2.35. The summed E-state index contributed by atoms with van der Waals surface area (Å²) in [6, 6.07) is 22.9. The summed E-state index contributed by atoms with van der Waals surface area (Å²) in [5, 5.41) is 18.5. The summed E-state index contributed by atoms with van der Waals surface area (Å²) in [7, 11) is 1.64. The molecule has 0 radical (unpaired) electrons. The van der Waals surface area contributed by atoms with E-state index < -0.39 is 17.7 Å². The summed E-state index contributed by atoms with van der Waals surface area (Å²) in [5.41, 5.74) is 3.75.